The second-order valence-corrected chi connectivity index (χ2v) is 4.19. The van der Waals surface area contributed by atoms with E-state index >= 15 is 0 Å². The average molecular weight is 265 g/mol. The summed E-state index contributed by atoms with van der Waals surface area (Å²) in [7, 11) is 0. The van der Waals surface area contributed by atoms with Crippen LogP contribution >= 0.6 is 0 Å². The fourth-order valence-corrected chi connectivity index (χ4v) is 1.94. The highest BCUT2D eigenvalue weighted by Gasteiger charge is 2.18. The summed E-state index contributed by atoms with van der Waals surface area (Å²) in [6, 6.07) is 14.7. The van der Waals surface area contributed by atoms with Gasteiger partial charge in [-0.2, -0.15) is 5.10 Å². The van der Waals surface area contributed by atoms with E-state index < -0.39 is 5.97 Å². The molecule has 0 aliphatic rings. The first-order chi connectivity index (χ1) is 9.75. The van der Waals surface area contributed by atoms with E-state index in [1.807, 2.05) is 30.3 Å². The first kappa shape index (κ1) is 12.1. The molecule has 0 saturated heterocycles. The predicted octanol–water partition coefficient (Wildman–Crippen LogP) is 2.63. The Morgan fingerprint density at radius 1 is 1.05 bits per heavy atom. The van der Waals surface area contributed by atoms with Crippen LogP contribution < -0.4 is 0 Å². The molecular formula is C15H11N3O2. The number of nitrogens with zero attached hydrogens (tertiary/aromatic N) is 3. The molecule has 2 heterocycles. The van der Waals surface area contributed by atoms with Crippen molar-refractivity contribution < 1.29 is 9.90 Å². The van der Waals surface area contributed by atoms with Crippen molar-refractivity contribution in [3.63, 3.8) is 0 Å². The maximum absolute atomic E-state index is 11.4. The van der Waals surface area contributed by atoms with Crippen LogP contribution in [0.15, 0.2) is 60.9 Å². The molecule has 5 nitrogen and oxygen atoms in total. The zero-order chi connectivity index (χ0) is 13.9. The van der Waals surface area contributed by atoms with Crippen molar-refractivity contribution in [2.75, 3.05) is 0 Å². The van der Waals surface area contributed by atoms with Crippen molar-refractivity contribution in [3.8, 4) is 17.1 Å². The molecule has 0 bridgehead atoms. The highest BCUT2D eigenvalue weighted by molar-refractivity contribution is 5.94. The summed E-state index contributed by atoms with van der Waals surface area (Å²) in [6.07, 6.45) is 3.12. The Morgan fingerprint density at radius 3 is 2.45 bits per heavy atom. The zero-order valence-corrected chi connectivity index (χ0v) is 10.5. The van der Waals surface area contributed by atoms with Crippen LogP contribution in [0.4, 0.5) is 0 Å². The molecule has 0 unspecified atom stereocenters. The summed E-state index contributed by atoms with van der Waals surface area (Å²) in [5, 5.41) is 13.7. The molecule has 3 rings (SSSR count). The van der Waals surface area contributed by atoms with Gasteiger partial charge in [0.15, 0.2) is 0 Å². The monoisotopic (exact) mass is 265 g/mol. The fraction of sp³-hybridized carbons (Fsp3) is 0. The van der Waals surface area contributed by atoms with E-state index in [1.54, 1.807) is 29.1 Å². The molecule has 0 atom stereocenters. The van der Waals surface area contributed by atoms with Gasteiger partial charge >= 0.3 is 5.97 Å². The number of carboxylic acid groups (broad SMARTS) is 1. The minimum atomic E-state index is -1.02. The van der Waals surface area contributed by atoms with Crippen LogP contribution in [0.5, 0.6) is 0 Å². The molecule has 0 spiro atoms. The Bertz CT molecular complexity index is 736. The second kappa shape index (κ2) is 4.97. The third-order valence-corrected chi connectivity index (χ3v) is 2.87. The highest BCUT2D eigenvalue weighted by atomic mass is 16.4. The van der Waals surface area contributed by atoms with Gasteiger partial charge in [0.25, 0.3) is 0 Å². The number of hydrogen-bond donors (Lipinski definition) is 1. The second-order valence-electron chi connectivity index (χ2n) is 4.19. The molecule has 0 aliphatic carbocycles. The van der Waals surface area contributed by atoms with Gasteiger partial charge in [0.05, 0.1) is 11.4 Å². The van der Waals surface area contributed by atoms with E-state index in [-0.39, 0.29) is 5.56 Å². The normalized spacial score (nSPS) is 10.4. The van der Waals surface area contributed by atoms with Crippen molar-refractivity contribution in [2.24, 2.45) is 0 Å². The number of pyridine rings is 1. The lowest BCUT2D eigenvalue weighted by Crippen LogP contribution is -1.97. The van der Waals surface area contributed by atoms with Crippen molar-refractivity contribution in [2.45, 2.75) is 0 Å². The van der Waals surface area contributed by atoms with Crippen molar-refractivity contribution in [3.05, 3.63) is 66.5 Å². The molecular weight excluding hydrogens is 254 g/mol. The minimum absolute atomic E-state index is 0.132. The molecule has 0 aliphatic heterocycles. The fourth-order valence-electron chi connectivity index (χ4n) is 1.94. The van der Waals surface area contributed by atoms with Gasteiger partial charge in [0, 0.05) is 12.4 Å². The Kier molecular flexibility index (Phi) is 3.01. The standard InChI is InChI=1S/C15H11N3O2/c19-15(20)12-10-18(11-6-2-1-3-7-11)17-14(12)13-8-4-5-9-16-13/h1-10H,(H,19,20). The molecule has 0 fully saturated rings. The van der Waals surface area contributed by atoms with Crippen LogP contribution in [0, 0.1) is 0 Å². The van der Waals surface area contributed by atoms with E-state index in [2.05, 4.69) is 10.1 Å². The summed E-state index contributed by atoms with van der Waals surface area (Å²) in [5.41, 5.74) is 1.84. The Hall–Kier alpha value is -2.95. The van der Waals surface area contributed by atoms with E-state index in [4.69, 9.17) is 0 Å². The van der Waals surface area contributed by atoms with Gasteiger partial charge in [-0.1, -0.05) is 24.3 Å². The molecule has 20 heavy (non-hydrogen) atoms. The molecule has 0 saturated carbocycles. The van der Waals surface area contributed by atoms with Crippen LogP contribution in [0.25, 0.3) is 17.1 Å². The maximum Gasteiger partial charge on any atom is 0.339 e. The summed E-state index contributed by atoms with van der Waals surface area (Å²) < 4.78 is 1.55. The van der Waals surface area contributed by atoms with Crippen LogP contribution in [0.1, 0.15) is 10.4 Å². The van der Waals surface area contributed by atoms with Gasteiger partial charge in [-0.15, -0.1) is 0 Å². The molecule has 0 amide bonds. The Labute approximate surface area is 115 Å². The summed E-state index contributed by atoms with van der Waals surface area (Å²) >= 11 is 0. The van der Waals surface area contributed by atoms with Gasteiger partial charge < -0.3 is 5.11 Å². The Morgan fingerprint density at radius 2 is 1.80 bits per heavy atom. The molecule has 98 valence electrons. The van der Waals surface area contributed by atoms with E-state index in [1.165, 1.54) is 6.20 Å². The molecule has 1 N–H and O–H groups in total. The van der Waals surface area contributed by atoms with Crippen molar-refractivity contribution in [1.82, 2.24) is 14.8 Å². The number of carboxylic acids is 1. The lowest BCUT2D eigenvalue weighted by atomic mass is 10.2. The number of para-hydroxylation sites is 1. The van der Waals surface area contributed by atoms with E-state index in [0.29, 0.717) is 11.4 Å². The Balaban J connectivity index is 2.15. The van der Waals surface area contributed by atoms with Crippen LogP contribution in [0.3, 0.4) is 0 Å². The number of rotatable bonds is 3. The smallest absolute Gasteiger partial charge is 0.339 e. The maximum atomic E-state index is 11.4. The third-order valence-electron chi connectivity index (χ3n) is 2.87. The van der Waals surface area contributed by atoms with Gasteiger partial charge in [-0.3, -0.25) is 4.98 Å². The number of carbonyl (C=O) groups is 1. The average Bonchev–Trinajstić information content (AvgIpc) is 2.94. The molecule has 0 radical (unpaired) electrons. The van der Waals surface area contributed by atoms with Crippen LogP contribution in [-0.2, 0) is 0 Å². The number of hydrogen-bond acceptors (Lipinski definition) is 3. The first-order valence-electron chi connectivity index (χ1n) is 6.05. The number of benzene rings is 1. The predicted molar refractivity (Wildman–Crippen MR) is 73.8 cm³/mol. The third kappa shape index (κ3) is 2.16. The molecule has 5 heteroatoms. The van der Waals surface area contributed by atoms with Crippen molar-refractivity contribution in [1.29, 1.82) is 0 Å². The summed E-state index contributed by atoms with van der Waals surface area (Å²) in [4.78, 5) is 15.5. The lowest BCUT2D eigenvalue weighted by molar-refractivity contribution is 0.0697. The van der Waals surface area contributed by atoms with Gasteiger partial charge in [-0.05, 0) is 24.3 Å². The zero-order valence-electron chi connectivity index (χ0n) is 10.5. The highest BCUT2D eigenvalue weighted by Crippen LogP contribution is 2.21. The summed E-state index contributed by atoms with van der Waals surface area (Å²) in [5.74, 6) is -1.02. The largest absolute Gasteiger partial charge is 0.478 e. The minimum Gasteiger partial charge on any atom is -0.478 e. The SMILES string of the molecule is O=C(O)c1cn(-c2ccccc2)nc1-c1ccccn1. The quantitative estimate of drug-likeness (QED) is 0.790. The first-order valence-corrected chi connectivity index (χ1v) is 6.05. The van der Waals surface area contributed by atoms with E-state index in [0.717, 1.165) is 5.69 Å². The lowest BCUT2D eigenvalue weighted by Gasteiger charge is -1.99. The number of aromatic nitrogens is 3. The van der Waals surface area contributed by atoms with E-state index in [9.17, 15) is 9.90 Å². The molecule has 2 aromatic heterocycles. The van der Waals surface area contributed by atoms with Crippen molar-refractivity contribution >= 4 is 5.97 Å². The topological polar surface area (TPSA) is 68.0 Å². The van der Waals surface area contributed by atoms with Crippen LogP contribution in [-0.4, -0.2) is 25.8 Å². The van der Waals surface area contributed by atoms with Crippen LogP contribution in [0.2, 0.25) is 0 Å². The molecule has 3 aromatic rings. The molecule has 1 aromatic carbocycles. The van der Waals surface area contributed by atoms with Gasteiger partial charge in [0.2, 0.25) is 0 Å². The summed E-state index contributed by atoms with van der Waals surface area (Å²) in [6.45, 7) is 0. The van der Waals surface area contributed by atoms with Gasteiger partial charge in [0.1, 0.15) is 11.3 Å². The number of aromatic carboxylic acids is 1. The van der Waals surface area contributed by atoms with Gasteiger partial charge in [-0.25, -0.2) is 9.48 Å².